The molecule has 6 heteroatoms. The van der Waals surface area contributed by atoms with Gasteiger partial charge in [0.1, 0.15) is 0 Å². The van der Waals surface area contributed by atoms with Gasteiger partial charge in [0, 0.05) is 0 Å². The molecule has 2 atom stereocenters. The van der Waals surface area contributed by atoms with Gasteiger partial charge in [-0.3, -0.25) is 0 Å². The van der Waals surface area contributed by atoms with E-state index in [4.69, 9.17) is 19.1 Å². The molecule has 0 aliphatic carbocycles. The second-order valence-corrected chi connectivity index (χ2v) is 20.8. The molecule has 0 bridgehead atoms. The van der Waals surface area contributed by atoms with E-state index < -0.39 is 16.6 Å². The largest absolute Gasteiger partial charge is 0.411 e. The van der Waals surface area contributed by atoms with Gasteiger partial charge in [-0.2, -0.15) is 0 Å². The van der Waals surface area contributed by atoms with Crippen LogP contribution in [0.4, 0.5) is 0 Å². The van der Waals surface area contributed by atoms with E-state index in [-0.39, 0.29) is 35.5 Å². The van der Waals surface area contributed by atoms with E-state index in [1.807, 2.05) is 12.2 Å². The van der Waals surface area contributed by atoms with Gasteiger partial charge in [-0.25, -0.2) is 0 Å². The van der Waals surface area contributed by atoms with Crippen molar-refractivity contribution in [3.63, 3.8) is 0 Å². The molecule has 0 aromatic rings. The molecule has 0 heterocycles. The summed E-state index contributed by atoms with van der Waals surface area (Å²) in [5.41, 5.74) is 0. The fourth-order valence-electron chi connectivity index (χ4n) is 2.66. The number of rotatable bonds is 13. The second kappa shape index (κ2) is 12.7. The van der Waals surface area contributed by atoms with Crippen LogP contribution < -0.4 is 0 Å². The van der Waals surface area contributed by atoms with Crippen molar-refractivity contribution in [2.75, 3.05) is 13.2 Å². The van der Waals surface area contributed by atoms with Crippen molar-refractivity contribution in [2.45, 2.75) is 116 Å². The van der Waals surface area contributed by atoms with Crippen molar-refractivity contribution < 1.29 is 19.1 Å². The number of aliphatic hydroxyl groups excluding tert-OH is 2. The average Bonchev–Trinajstić information content (AvgIpc) is 2.58. The minimum atomic E-state index is -1.97. The molecule has 0 amide bonds. The van der Waals surface area contributed by atoms with Gasteiger partial charge >= 0.3 is 0 Å². The smallest absolute Gasteiger partial charge is 0.192 e. The SMILES string of the molecule is CC(C)(C)[Si](C)(C)O[C@H](CC/C=C/CO)[C@@H](CC/C=C/CO)O[Si](C)(C)C(C)(C)C. The molecule has 0 fully saturated rings. The van der Waals surface area contributed by atoms with Crippen molar-refractivity contribution in [3.05, 3.63) is 24.3 Å². The highest BCUT2D eigenvalue weighted by Gasteiger charge is 2.44. The molecule has 0 aromatic heterocycles. The average molecular weight is 459 g/mol. The zero-order chi connectivity index (χ0) is 23.6. The lowest BCUT2D eigenvalue weighted by Crippen LogP contribution is -2.51. The normalized spacial score (nSPS) is 16.5. The fraction of sp³-hybridized carbons (Fsp3) is 0.833. The first kappa shape index (κ1) is 29.8. The highest BCUT2D eigenvalue weighted by molar-refractivity contribution is 6.74. The summed E-state index contributed by atoms with van der Waals surface area (Å²) < 4.78 is 13.9. The zero-order valence-corrected chi connectivity index (χ0v) is 23.4. The number of hydrogen-bond acceptors (Lipinski definition) is 4. The molecule has 0 rings (SSSR count). The van der Waals surface area contributed by atoms with Crippen LogP contribution >= 0.6 is 0 Å². The van der Waals surface area contributed by atoms with Crippen LogP contribution in [0.2, 0.25) is 36.3 Å². The van der Waals surface area contributed by atoms with E-state index in [1.54, 1.807) is 12.2 Å². The standard InChI is InChI=1S/C24H50O4Si2/c1-23(2,3)29(7,8)27-21(17-13-11-15-19-25)22(18-14-12-16-20-26)28-30(9,10)24(4,5)6/h11-12,15-16,21-22,25-26H,13-14,17-20H2,1-10H3/b15-11+,16-12+/t21-,22-/m1/s1. The Morgan fingerprint density at radius 3 is 1.17 bits per heavy atom. The van der Waals surface area contributed by atoms with Gasteiger partial charge in [-0.05, 0) is 61.9 Å². The lowest BCUT2D eigenvalue weighted by Gasteiger charge is -2.45. The zero-order valence-electron chi connectivity index (χ0n) is 21.4. The summed E-state index contributed by atoms with van der Waals surface area (Å²) in [6, 6.07) is 0. The summed E-state index contributed by atoms with van der Waals surface area (Å²) in [6.45, 7) is 23.0. The van der Waals surface area contributed by atoms with Crippen LogP contribution in [0, 0.1) is 0 Å². The van der Waals surface area contributed by atoms with Crippen LogP contribution in [-0.4, -0.2) is 52.3 Å². The van der Waals surface area contributed by atoms with E-state index in [9.17, 15) is 0 Å². The predicted octanol–water partition coefficient (Wildman–Crippen LogP) is 6.42. The Kier molecular flexibility index (Phi) is 12.6. The van der Waals surface area contributed by atoms with E-state index in [2.05, 4.69) is 67.7 Å². The van der Waals surface area contributed by atoms with E-state index in [1.165, 1.54) is 0 Å². The third-order valence-electron chi connectivity index (χ3n) is 6.70. The molecular formula is C24H50O4Si2. The van der Waals surface area contributed by atoms with Gasteiger partial charge in [-0.15, -0.1) is 0 Å². The monoisotopic (exact) mass is 458 g/mol. The Hall–Kier alpha value is -0.246. The van der Waals surface area contributed by atoms with Gasteiger partial charge in [0.15, 0.2) is 16.6 Å². The Morgan fingerprint density at radius 1 is 0.633 bits per heavy atom. The molecule has 0 saturated heterocycles. The minimum absolute atomic E-state index is 0.0193. The van der Waals surface area contributed by atoms with Gasteiger partial charge in [0.25, 0.3) is 0 Å². The van der Waals surface area contributed by atoms with Crippen LogP contribution in [0.5, 0.6) is 0 Å². The first-order valence-corrected chi connectivity index (χ1v) is 17.3. The summed E-state index contributed by atoms with van der Waals surface area (Å²) in [5.74, 6) is 0. The molecule has 0 unspecified atom stereocenters. The van der Waals surface area contributed by atoms with Crippen molar-refractivity contribution in [2.24, 2.45) is 0 Å². The summed E-state index contributed by atoms with van der Waals surface area (Å²) in [6.07, 6.45) is 11.2. The molecular weight excluding hydrogens is 408 g/mol. The summed E-state index contributed by atoms with van der Waals surface area (Å²) in [7, 11) is -3.94. The third-order valence-corrected chi connectivity index (χ3v) is 15.7. The van der Waals surface area contributed by atoms with E-state index in [0.29, 0.717) is 0 Å². The Labute approximate surface area is 189 Å². The van der Waals surface area contributed by atoms with Crippen molar-refractivity contribution in [3.8, 4) is 0 Å². The van der Waals surface area contributed by atoms with Gasteiger partial charge in [0.2, 0.25) is 0 Å². The van der Waals surface area contributed by atoms with Crippen LogP contribution in [-0.2, 0) is 8.85 Å². The second-order valence-electron chi connectivity index (χ2n) is 11.3. The van der Waals surface area contributed by atoms with Crippen LogP contribution in [0.15, 0.2) is 24.3 Å². The Balaban J connectivity index is 5.82. The minimum Gasteiger partial charge on any atom is -0.411 e. The topological polar surface area (TPSA) is 58.9 Å². The Morgan fingerprint density at radius 2 is 0.933 bits per heavy atom. The van der Waals surface area contributed by atoms with E-state index in [0.717, 1.165) is 25.7 Å². The molecule has 2 N–H and O–H groups in total. The maximum absolute atomic E-state index is 9.08. The quantitative estimate of drug-likeness (QED) is 0.247. The van der Waals surface area contributed by atoms with Crippen molar-refractivity contribution in [1.29, 1.82) is 0 Å². The molecule has 0 saturated carbocycles. The highest BCUT2D eigenvalue weighted by Crippen LogP contribution is 2.41. The molecule has 0 spiro atoms. The number of allylic oxidation sites excluding steroid dienone is 2. The first-order valence-electron chi connectivity index (χ1n) is 11.5. The summed E-state index contributed by atoms with van der Waals surface area (Å²) in [4.78, 5) is 0. The van der Waals surface area contributed by atoms with Gasteiger partial charge in [-0.1, -0.05) is 65.8 Å². The molecule has 0 aromatic carbocycles. The fourth-order valence-corrected chi connectivity index (χ4v) is 5.42. The lowest BCUT2D eigenvalue weighted by molar-refractivity contribution is 0.0264. The molecule has 178 valence electrons. The number of hydrogen-bond donors (Lipinski definition) is 2. The highest BCUT2D eigenvalue weighted by atomic mass is 28.4. The number of aliphatic hydroxyl groups is 2. The third kappa shape index (κ3) is 10.4. The molecule has 0 aliphatic rings. The van der Waals surface area contributed by atoms with Crippen LogP contribution in [0.25, 0.3) is 0 Å². The molecule has 0 aliphatic heterocycles. The van der Waals surface area contributed by atoms with Gasteiger partial charge in [0.05, 0.1) is 25.4 Å². The summed E-state index contributed by atoms with van der Waals surface area (Å²) >= 11 is 0. The Bertz CT molecular complexity index is 480. The maximum Gasteiger partial charge on any atom is 0.192 e. The molecule has 30 heavy (non-hydrogen) atoms. The van der Waals surface area contributed by atoms with E-state index >= 15 is 0 Å². The lowest BCUT2D eigenvalue weighted by atomic mass is 10.0. The molecule has 0 radical (unpaired) electrons. The summed E-state index contributed by atoms with van der Waals surface area (Å²) in [5, 5.41) is 18.4. The van der Waals surface area contributed by atoms with Crippen molar-refractivity contribution in [1.82, 2.24) is 0 Å². The van der Waals surface area contributed by atoms with Crippen LogP contribution in [0.3, 0.4) is 0 Å². The molecule has 4 nitrogen and oxygen atoms in total. The predicted molar refractivity (Wildman–Crippen MR) is 135 cm³/mol. The van der Waals surface area contributed by atoms with Crippen molar-refractivity contribution >= 4 is 16.6 Å². The van der Waals surface area contributed by atoms with Gasteiger partial charge < -0.3 is 19.1 Å². The van der Waals surface area contributed by atoms with Crippen LogP contribution in [0.1, 0.15) is 67.2 Å². The first-order chi connectivity index (χ1) is 13.6. The maximum atomic E-state index is 9.08.